The molecule has 1 saturated carbocycles. The molecule has 1 aromatic carbocycles. The molecule has 0 spiro atoms. The number of carbonyl (C=O) groups excluding carboxylic acids is 1. The van der Waals surface area contributed by atoms with E-state index in [0.717, 1.165) is 34.7 Å². The molecule has 0 atom stereocenters. The average molecular weight is 475 g/mol. The van der Waals surface area contributed by atoms with Crippen LogP contribution >= 0.6 is 0 Å². The number of nitrogens with zero attached hydrogens (tertiary/aromatic N) is 3. The van der Waals surface area contributed by atoms with Gasteiger partial charge in [-0.15, -0.1) is 13.2 Å². The van der Waals surface area contributed by atoms with E-state index in [9.17, 15) is 23.1 Å². The number of amides is 1. The first kappa shape index (κ1) is 22.5. The lowest BCUT2D eigenvalue weighted by Crippen LogP contribution is -2.38. The molecule has 1 saturated heterocycles. The normalized spacial score (nSPS) is 21.5. The number of nitrogens with two attached hydrogens (primary N) is 1. The van der Waals surface area contributed by atoms with Crippen molar-refractivity contribution < 1.29 is 27.8 Å². The maximum absolute atomic E-state index is 13.0. The quantitative estimate of drug-likeness (QED) is 0.496. The van der Waals surface area contributed by atoms with Crippen LogP contribution in [0.3, 0.4) is 0 Å². The summed E-state index contributed by atoms with van der Waals surface area (Å²) in [6.45, 7) is 0.972. The summed E-state index contributed by atoms with van der Waals surface area (Å²) in [5.41, 5.74) is 8.57. The molecule has 2 aromatic heterocycles. The van der Waals surface area contributed by atoms with Gasteiger partial charge in [-0.1, -0.05) is 0 Å². The molecule has 4 N–H and O–H groups in total. The fraction of sp³-hybridized carbons (Fsp3) is 0.435. The Kier molecular flexibility index (Phi) is 5.59. The van der Waals surface area contributed by atoms with Crippen LogP contribution in [0.25, 0.3) is 11.2 Å². The Morgan fingerprint density at radius 2 is 1.91 bits per heavy atom. The summed E-state index contributed by atoms with van der Waals surface area (Å²) in [6, 6.07) is 5.33. The number of hydrogen-bond donors (Lipinski definition) is 3. The van der Waals surface area contributed by atoms with Crippen LogP contribution in [-0.4, -0.2) is 56.4 Å². The van der Waals surface area contributed by atoms with Crippen LogP contribution in [-0.2, 0) is 0 Å². The lowest BCUT2D eigenvalue weighted by Gasteiger charge is -2.32. The van der Waals surface area contributed by atoms with Gasteiger partial charge in [0.15, 0.2) is 5.65 Å². The first-order chi connectivity index (χ1) is 16.2. The zero-order valence-corrected chi connectivity index (χ0v) is 18.2. The van der Waals surface area contributed by atoms with Crippen LogP contribution in [0, 0.1) is 0 Å². The second-order valence-electron chi connectivity index (χ2n) is 8.90. The molecule has 3 aromatic rings. The Hall–Kier alpha value is -3.34. The van der Waals surface area contributed by atoms with Crippen molar-refractivity contribution in [1.29, 1.82) is 0 Å². The lowest BCUT2D eigenvalue weighted by molar-refractivity contribution is -0.274. The average Bonchev–Trinajstić information content (AvgIpc) is 3.19. The van der Waals surface area contributed by atoms with Crippen molar-refractivity contribution in [3.8, 4) is 5.75 Å². The molecular weight excluding hydrogens is 451 g/mol. The standard InChI is InChI=1S/C23H24F3N5O3/c24-23(25,26)34-15-1-2-17(18(27)11-15)22(33)31-7-4-12(5-8-31)16-3-6-28-21-19(16)29-20(30-21)13-9-14(32)10-13/h1-3,6,11-14,32H,4-5,7-10,27H2,(H,28,29,30)/t13-,14-. The number of carbonyl (C=O) groups is 1. The summed E-state index contributed by atoms with van der Waals surface area (Å²) >= 11 is 0. The zero-order valence-electron chi connectivity index (χ0n) is 18.2. The second-order valence-corrected chi connectivity index (χ2v) is 8.90. The van der Waals surface area contributed by atoms with Gasteiger partial charge in [-0.05, 0) is 55.4 Å². The SMILES string of the molecule is Nc1cc(OC(F)(F)F)ccc1C(=O)N1CCC(c2ccnc3[nH]c([C@H]4C[C@H](O)C4)nc23)CC1. The molecule has 5 rings (SSSR count). The number of ether oxygens (including phenoxy) is 1. The van der Waals surface area contributed by atoms with Gasteiger partial charge in [-0.2, -0.15) is 0 Å². The number of fused-ring (bicyclic) bond motifs is 1. The minimum Gasteiger partial charge on any atom is -0.406 e. The third kappa shape index (κ3) is 4.39. The fourth-order valence-electron chi connectivity index (χ4n) is 4.78. The van der Waals surface area contributed by atoms with E-state index in [1.165, 1.54) is 6.07 Å². The summed E-state index contributed by atoms with van der Waals surface area (Å²) in [7, 11) is 0. The van der Waals surface area contributed by atoms with Gasteiger partial charge in [0.1, 0.15) is 17.1 Å². The van der Waals surface area contributed by atoms with Crippen molar-refractivity contribution in [2.75, 3.05) is 18.8 Å². The summed E-state index contributed by atoms with van der Waals surface area (Å²) in [4.78, 5) is 27.1. The number of halogens is 3. The highest BCUT2D eigenvalue weighted by molar-refractivity contribution is 5.99. The van der Waals surface area contributed by atoms with Crippen LogP contribution in [0.2, 0.25) is 0 Å². The number of aliphatic hydroxyl groups is 1. The van der Waals surface area contributed by atoms with Gasteiger partial charge in [-0.3, -0.25) is 4.79 Å². The minimum atomic E-state index is -4.83. The summed E-state index contributed by atoms with van der Waals surface area (Å²) in [5.74, 6) is 0.477. The number of imidazole rings is 1. The number of nitrogens with one attached hydrogen (secondary N) is 1. The largest absolute Gasteiger partial charge is 0.573 e. The maximum Gasteiger partial charge on any atom is 0.573 e. The van der Waals surface area contributed by atoms with Crippen LogP contribution in [0.1, 0.15) is 59.3 Å². The van der Waals surface area contributed by atoms with Crippen molar-refractivity contribution >= 4 is 22.8 Å². The van der Waals surface area contributed by atoms with Gasteiger partial charge in [0, 0.05) is 37.0 Å². The first-order valence-electron chi connectivity index (χ1n) is 11.1. The molecule has 1 aliphatic heterocycles. The topological polar surface area (TPSA) is 117 Å². The van der Waals surface area contributed by atoms with Gasteiger partial charge in [0.25, 0.3) is 5.91 Å². The van der Waals surface area contributed by atoms with Crippen molar-refractivity contribution in [3.63, 3.8) is 0 Å². The first-order valence-corrected chi connectivity index (χ1v) is 11.1. The molecule has 2 fully saturated rings. The smallest absolute Gasteiger partial charge is 0.406 e. The number of H-pyrrole nitrogens is 1. The zero-order chi connectivity index (χ0) is 24.0. The van der Waals surface area contributed by atoms with Crippen molar-refractivity contribution in [2.45, 2.75) is 50.0 Å². The Balaban J connectivity index is 1.27. The summed E-state index contributed by atoms with van der Waals surface area (Å²) in [5, 5.41) is 9.59. The van der Waals surface area contributed by atoms with Gasteiger partial charge in [0.2, 0.25) is 0 Å². The number of hydrogen-bond acceptors (Lipinski definition) is 6. The molecule has 3 heterocycles. The maximum atomic E-state index is 13.0. The molecule has 2 aliphatic rings. The van der Waals surface area contributed by atoms with Gasteiger partial charge >= 0.3 is 6.36 Å². The van der Waals surface area contributed by atoms with E-state index in [1.807, 2.05) is 6.07 Å². The van der Waals surface area contributed by atoms with E-state index < -0.39 is 12.1 Å². The molecule has 1 amide bonds. The number of aromatic amines is 1. The van der Waals surface area contributed by atoms with E-state index >= 15 is 0 Å². The molecule has 0 unspecified atom stereocenters. The number of aromatic nitrogens is 3. The molecule has 180 valence electrons. The van der Waals surface area contributed by atoms with Crippen molar-refractivity contribution in [1.82, 2.24) is 19.9 Å². The summed E-state index contributed by atoms with van der Waals surface area (Å²) < 4.78 is 41.1. The molecule has 0 radical (unpaired) electrons. The number of rotatable bonds is 4. The third-order valence-electron chi connectivity index (χ3n) is 6.64. The van der Waals surface area contributed by atoms with E-state index in [4.69, 9.17) is 10.7 Å². The number of nitrogen functional groups attached to an aromatic ring is 1. The lowest BCUT2D eigenvalue weighted by atomic mass is 9.82. The van der Waals surface area contributed by atoms with Crippen molar-refractivity contribution in [3.05, 3.63) is 47.4 Å². The van der Waals surface area contributed by atoms with Crippen molar-refractivity contribution in [2.24, 2.45) is 0 Å². The van der Waals surface area contributed by atoms with E-state index in [0.29, 0.717) is 38.8 Å². The summed E-state index contributed by atoms with van der Waals surface area (Å²) in [6.07, 6.45) is -0.529. The Bertz CT molecular complexity index is 1210. The van der Waals surface area contributed by atoms with Gasteiger partial charge in [-0.25, -0.2) is 9.97 Å². The van der Waals surface area contributed by atoms with Crippen LogP contribution in [0.5, 0.6) is 5.75 Å². The highest BCUT2D eigenvalue weighted by atomic mass is 19.4. The van der Waals surface area contributed by atoms with Crippen LogP contribution in [0.4, 0.5) is 18.9 Å². The van der Waals surface area contributed by atoms with E-state index in [1.54, 1.807) is 11.1 Å². The Morgan fingerprint density at radius 3 is 2.56 bits per heavy atom. The predicted molar refractivity (Wildman–Crippen MR) is 117 cm³/mol. The number of piperidine rings is 1. The third-order valence-corrected chi connectivity index (χ3v) is 6.64. The number of alkyl halides is 3. The van der Waals surface area contributed by atoms with E-state index in [-0.39, 0.29) is 35.1 Å². The van der Waals surface area contributed by atoms with Crippen LogP contribution < -0.4 is 10.5 Å². The number of benzene rings is 1. The molecule has 0 bridgehead atoms. The van der Waals surface area contributed by atoms with Gasteiger partial charge < -0.3 is 25.5 Å². The molecular formula is C23H24F3N5O3. The molecule has 8 nitrogen and oxygen atoms in total. The minimum absolute atomic E-state index is 0.0603. The second kappa shape index (κ2) is 8.46. The molecule has 11 heteroatoms. The number of likely N-dealkylation sites (tertiary alicyclic amines) is 1. The van der Waals surface area contributed by atoms with Crippen LogP contribution in [0.15, 0.2) is 30.5 Å². The Labute approximate surface area is 192 Å². The van der Waals surface area contributed by atoms with Gasteiger partial charge in [0.05, 0.1) is 11.7 Å². The predicted octanol–water partition coefficient (Wildman–Crippen LogP) is 3.70. The molecule has 34 heavy (non-hydrogen) atoms. The van der Waals surface area contributed by atoms with E-state index in [2.05, 4.69) is 14.7 Å². The fourth-order valence-corrected chi connectivity index (χ4v) is 4.78. The molecule has 1 aliphatic carbocycles. The number of pyridine rings is 1. The number of aliphatic hydroxyl groups excluding tert-OH is 1. The monoisotopic (exact) mass is 475 g/mol. The Morgan fingerprint density at radius 1 is 1.18 bits per heavy atom. The highest BCUT2D eigenvalue weighted by Gasteiger charge is 2.33. The highest BCUT2D eigenvalue weighted by Crippen LogP contribution is 2.38. The number of anilines is 1.